The van der Waals surface area contributed by atoms with Gasteiger partial charge in [0, 0.05) is 16.7 Å². The van der Waals surface area contributed by atoms with Crippen molar-refractivity contribution >= 4 is 44.0 Å². The number of halogens is 4. The Kier molecular flexibility index (Phi) is 6.43. The molecule has 0 unspecified atom stereocenters. The van der Waals surface area contributed by atoms with Gasteiger partial charge >= 0.3 is 6.36 Å². The lowest BCUT2D eigenvalue weighted by molar-refractivity contribution is -0.274. The maximum absolute atomic E-state index is 12.5. The van der Waals surface area contributed by atoms with E-state index in [0.29, 0.717) is 21.3 Å². The number of ether oxygens (including phenoxy) is 1. The van der Waals surface area contributed by atoms with Gasteiger partial charge in [0.05, 0.1) is 5.69 Å². The molecule has 0 atom stereocenters. The van der Waals surface area contributed by atoms with Crippen LogP contribution in [0.15, 0.2) is 53.0 Å². The predicted octanol–water partition coefficient (Wildman–Crippen LogP) is 5.79. The number of hydrogen-bond donors (Lipinski definition) is 2. The maximum Gasteiger partial charge on any atom is 0.573 e. The molecule has 0 radical (unpaired) electrons. The summed E-state index contributed by atoms with van der Waals surface area (Å²) in [7, 11) is 0. The summed E-state index contributed by atoms with van der Waals surface area (Å²) in [5, 5.41) is 6.39. The molecule has 3 aromatic rings. The van der Waals surface area contributed by atoms with E-state index in [-0.39, 0.29) is 18.2 Å². The van der Waals surface area contributed by atoms with Gasteiger partial charge in [0.15, 0.2) is 5.13 Å². The Bertz CT molecular complexity index is 1010. The van der Waals surface area contributed by atoms with Gasteiger partial charge in [0.25, 0.3) is 5.91 Å². The van der Waals surface area contributed by atoms with Gasteiger partial charge in [-0.2, -0.15) is 0 Å². The lowest BCUT2D eigenvalue weighted by Crippen LogP contribution is -2.22. The van der Waals surface area contributed by atoms with Crippen molar-refractivity contribution in [3.05, 3.63) is 69.1 Å². The summed E-state index contributed by atoms with van der Waals surface area (Å²) in [6.07, 6.45) is -4.76. The molecule has 1 aromatic heterocycles. The second-order valence-electron chi connectivity index (χ2n) is 5.94. The summed E-state index contributed by atoms with van der Waals surface area (Å²) >= 11 is 4.56. The molecule has 0 saturated carbocycles. The number of benzene rings is 2. The number of nitrogens with zero attached hydrogens (tertiary/aromatic N) is 1. The first-order valence-corrected chi connectivity index (χ1v) is 9.93. The normalized spacial score (nSPS) is 11.2. The zero-order valence-corrected chi connectivity index (χ0v) is 17.4. The quantitative estimate of drug-likeness (QED) is 0.464. The number of thiazole rings is 1. The standard InChI is InChI=1S/C19H15BrF3N3O2S/c1-11-16(29-18(25-11)26-14-7-5-13(20)6-8-14)17(27)24-10-12-3-2-4-15(9-12)28-19(21,22)23/h2-9H,10H2,1H3,(H,24,27)(H,25,26). The highest BCUT2D eigenvalue weighted by molar-refractivity contribution is 9.10. The number of rotatable bonds is 6. The van der Waals surface area contributed by atoms with Crippen molar-refractivity contribution in [3.8, 4) is 5.75 Å². The van der Waals surface area contributed by atoms with Crippen LogP contribution in [0.25, 0.3) is 0 Å². The van der Waals surface area contributed by atoms with Crippen LogP contribution in [0.3, 0.4) is 0 Å². The third-order valence-corrected chi connectivity index (χ3v) is 5.28. The summed E-state index contributed by atoms with van der Waals surface area (Å²) in [6, 6.07) is 13.0. The molecule has 0 fully saturated rings. The van der Waals surface area contributed by atoms with E-state index in [9.17, 15) is 18.0 Å². The van der Waals surface area contributed by atoms with Crippen LogP contribution >= 0.6 is 27.3 Å². The fourth-order valence-electron chi connectivity index (χ4n) is 2.43. The highest BCUT2D eigenvalue weighted by Crippen LogP contribution is 2.27. The van der Waals surface area contributed by atoms with E-state index in [0.717, 1.165) is 10.2 Å². The highest BCUT2D eigenvalue weighted by atomic mass is 79.9. The molecule has 29 heavy (non-hydrogen) atoms. The first-order chi connectivity index (χ1) is 13.7. The number of alkyl halides is 3. The van der Waals surface area contributed by atoms with Crippen LogP contribution < -0.4 is 15.4 Å². The Morgan fingerprint density at radius 1 is 1.21 bits per heavy atom. The lowest BCUT2D eigenvalue weighted by atomic mass is 10.2. The summed E-state index contributed by atoms with van der Waals surface area (Å²) in [5.41, 5.74) is 1.87. The van der Waals surface area contributed by atoms with Crippen molar-refractivity contribution in [1.29, 1.82) is 0 Å². The van der Waals surface area contributed by atoms with E-state index < -0.39 is 6.36 Å². The van der Waals surface area contributed by atoms with Crippen molar-refractivity contribution < 1.29 is 22.7 Å². The van der Waals surface area contributed by atoms with E-state index in [1.54, 1.807) is 13.0 Å². The number of hydrogen-bond acceptors (Lipinski definition) is 5. The Labute approximate surface area is 177 Å². The van der Waals surface area contributed by atoms with Crippen LogP contribution in [0, 0.1) is 6.92 Å². The Morgan fingerprint density at radius 3 is 2.62 bits per heavy atom. The molecule has 0 saturated heterocycles. The first-order valence-electron chi connectivity index (χ1n) is 8.32. The van der Waals surface area contributed by atoms with Gasteiger partial charge < -0.3 is 15.4 Å². The molecule has 0 aliphatic carbocycles. The largest absolute Gasteiger partial charge is 0.573 e. The number of amides is 1. The fourth-order valence-corrected chi connectivity index (χ4v) is 3.60. The van der Waals surface area contributed by atoms with E-state index >= 15 is 0 Å². The smallest absolute Gasteiger partial charge is 0.406 e. The molecule has 0 aliphatic rings. The second kappa shape index (κ2) is 8.83. The third-order valence-electron chi connectivity index (χ3n) is 3.68. The lowest BCUT2D eigenvalue weighted by Gasteiger charge is -2.10. The third kappa shape index (κ3) is 6.20. The van der Waals surface area contributed by atoms with Crippen molar-refractivity contribution in [1.82, 2.24) is 10.3 Å². The van der Waals surface area contributed by atoms with Crippen molar-refractivity contribution in [3.63, 3.8) is 0 Å². The zero-order valence-electron chi connectivity index (χ0n) is 15.0. The Morgan fingerprint density at radius 2 is 1.93 bits per heavy atom. The molecule has 2 aromatic carbocycles. The summed E-state index contributed by atoms with van der Waals surface area (Å²) in [5.74, 6) is -0.690. The van der Waals surface area contributed by atoms with Crippen molar-refractivity contribution in [2.45, 2.75) is 19.8 Å². The molecule has 2 N–H and O–H groups in total. The molecule has 0 spiro atoms. The van der Waals surface area contributed by atoms with Crippen LogP contribution in [0.5, 0.6) is 5.75 Å². The van der Waals surface area contributed by atoms with Crippen LogP contribution in [-0.4, -0.2) is 17.3 Å². The van der Waals surface area contributed by atoms with E-state index in [2.05, 4.69) is 36.3 Å². The minimum atomic E-state index is -4.76. The first kappa shape index (κ1) is 21.1. The average molecular weight is 486 g/mol. The minimum Gasteiger partial charge on any atom is -0.406 e. The van der Waals surface area contributed by atoms with Crippen molar-refractivity contribution in [2.24, 2.45) is 0 Å². The van der Waals surface area contributed by atoms with Gasteiger partial charge in [-0.25, -0.2) is 4.98 Å². The highest BCUT2D eigenvalue weighted by Gasteiger charge is 2.31. The monoisotopic (exact) mass is 485 g/mol. The number of aromatic nitrogens is 1. The van der Waals surface area contributed by atoms with Gasteiger partial charge in [-0.05, 0) is 48.9 Å². The molecule has 5 nitrogen and oxygen atoms in total. The van der Waals surface area contributed by atoms with Crippen molar-refractivity contribution in [2.75, 3.05) is 5.32 Å². The molecule has 3 rings (SSSR count). The molecule has 10 heteroatoms. The molecule has 0 bridgehead atoms. The van der Waals surface area contributed by atoms with Crippen LogP contribution in [0.1, 0.15) is 20.9 Å². The van der Waals surface area contributed by atoms with Gasteiger partial charge in [0.2, 0.25) is 0 Å². The minimum absolute atomic E-state index is 0.0563. The molecule has 1 amide bonds. The number of nitrogens with one attached hydrogen (secondary N) is 2. The van der Waals surface area contributed by atoms with Gasteiger partial charge in [-0.1, -0.05) is 39.4 Å². The summed E-state index contributed by atoms with van der Waals surface area (Å²) in [6.45, 7) is 1.77. The zero-order chi connectivity index (χ0) is 21.0. The van der Waals surface area contributed by atoms with Crippen LogP contribution in [0.4, 0.5) is 24.0 Å². The Balaban J connectivity index is 1.63. The molecule has 1 heterocycles. The molecular formula is C19H15BrF3N3O2S. The van der Waals surface area contributed by atoms with Crippen LogP contribution in [-0.2, 0) is 6.54 Å². The topological polar surface area (TPSA) is 63.2 Å². The number of carbonyl (C=O) groups is 1. The van der Waals surface area contributed by atoms with E-state index in [4.69, 9.17) is 0 Å². The SMILES string of the molecule is Cc1nc(Nc2ccc(Br)cc2)sc1C(=O)NCc1cccc(OC(F)(F)F)c1. The predicted molar refractivity (Wildman–Crippen MR) is 109 cm³/mol. The summed E-state index contributed by atoms with van der Waals surface area (Å²) < 4.78 is 41.8. The number of anilines is 2. The van der Waals surface area contributed by atoms with Crippen LogP contribution in [0.2, 0.25) is 0 Å². The molecule has 0 aliphatic heterocycles. The molecule has 152 valence electrons. The van der Waals surface area contributed by atoms with E-state index in [1.807, 2.05) is 24.3 Å². The van der Waals surface area contributed by atoms with Gasteiger partial charge in [-0.15, -0.1) is 13.2 Å². The summed E-state index contributed by atoms with van der Waals surface area (Å²) in [4.78, 5) is 17.2. The fraction of sp³-hybridized carbons (Fsp3) is 0.158. The maximum atomic E-state index is 12.5. The number of carbonyl (C=O) groups excluding carboxylic acids is 1. The molecular weight excluding hydrogens is 471 g/mol. The van der Waals surface area contributed by atoms with E-state index in [1.165, 1.54) is 29.5 Å². The second-order valence-corrected chi connectivity index (χ2v) is 7.86. The van der Waals surface area contributed by atoms with Gasteiger partial charge in [0.1, 0.15) is 10.6 Å². The van der Waals surface area contributed by atoms with Gasteiger partial charge in [-0.3, -0.25) is 4.79 Å². The number of aryl methyl sites for hydroxylation is 1. The Hall–Kier alpha value is -2.59. The average Bonchev–Trinajstić information content (AvgIpc) is 3.01.